The number of thiophene rings is 1. The summed E-state index contributed by atoms with van der Waals surface area (Å²) < 4.78 is 19.9. The standard InChI is InChI=1S/C26H28N4O6S/c1-4-12-35-19(16-7-5-6-8-18(16)34-3)14-29-25-20(15(2)21(37-25)23-28-11-13-36-23)24(32)30(26(29)33)17-9-10-27-22(17)31/h5-8,11,13,17,19H,4,9-10,12,14H2,1-3H3,(H,27,31)/t17?,19-/m0/s1. The molecule has 2 atom stereocenters. The number of hydrogen-bond acceptors (Lipinski definition) is 8. The van der Waals surface area contributed by atoms with Gasteiger partial charge in [0.05, 0.1) is 30.1 Å². The number of para-hydroxylation sites is 1. The van der Waals surface area contributed by atoms with Crippen molar-refractivity contribution in [2.24, 2.45) is 0 Å². The number of fused-ring (bicyclic) bond motifs is 1. The summed E-state index contributed by atoms with van der Waals surface area (Å²) in [6.07, 6.45) is 3.60. The number of ether oxygens (including phenoxy) is 2. The van der Waals surface area contributed by atoms with E-state index in [-0.39, 0.29) is 12.5 Å². The zero-order chi connectivity index (χ0) is 26.1. The van der Waals surface area contributed by atoms with Crippen molar-refractivity contribution in [3.8, 4) is 16.5 Å². The lowest BCUT2D eigenvalue weighted by molar-refractivity contribution is -0.122. The maximum absolute atomic E-state index is 14.0. The van der Waals surface area contributed by atoms with Crippen LogP contribution in [-0.4, -0.2) is 40.3 Å². The van der Waals surface area contributed by atoms with E-state index >= 15 is 0 Å². The number of carbonyl (C=O) groups is 1. The summed E-state index contributed by atoms with van der Waals surface area (Å²) in [6, 6.07) is 6.63. The molecule has 1 aliphatic rings. The predicted molar refractivity (Wildman–Crippen MR) is 139 cm³/mol. The molecule has 194 valence electrons. The summed E-state index contributed by atoms with van der Waals surface area (Å²) in [6.45, 7) is 4.80. The lowest BCUT2D eigenvalue weighted by Crippen LogP contribution is -2.44. The van der Waals surface area contributed by atoms with Gasteiger partial charge < -0.3 is 19.2 Å². The van der Waals surface area contributed by atoms with Gasteiger partial charge in [-0.05, 0) is 31.4 Å². The Morgan fingerprint density at radius 3 is 2.76 bits per heavy atom. The number of benzene rings is 1. The number of carbonyl (C=O) groups excluding carboxylic acids is 1. The smallest absolute Gasteiger partial charge is 0.332 e. The Labute approximate surface area is 216 Å². The number of nitrogens with zero attached hydrogens (tertiary/aromatic N) is 3. The molecule has 11 heteroatoms. The molecule has 4 heterocycles. The Morgan fingerprint density at radius 2 is 2.08 bits per heavy atom. The number of rotatable bonds is 9. The molecule has 1 aliphatic heterocycles. The van der Waals surface area contributed by atoms with Crippen molar-refractivity contribution in [3.63, 3.8) is 0 Å². The summed E-state index contributed by atoms with van der Waals surface area (Å²) in [4.78, 5) is 45.7. The number of nitrogens with one attached hydrogen (secondary N) is 1. The largest absolute Gasteiger partial charge is 0.496 e. The first-order valence-electron chi connectivity index (χ1n) is 12.2. The number of amides is 1. The van der Waals surface area contributed by atoms with Gasteiger partial charge in [0.2, 0.25) is 11.8 Å². The van der Waals surface area contributed by atoms with E-state index in [9.17, 15) is 14.4 Å². The van der Waals surface area contributed by atoms with Crippen molar-refractivity contribution in [3.05, 3.63) is 68.7 Å². The monoisotopic (exact) mass is 524 g/mol. The van der Waals surface area contributed by atoms with Crippen LogP contribution in [0.4, 0.5) is 0 Å². The topological polar surface area (TPSA) is 118 Å². The molecule has 1 amide bonds. The van der Waals surface area contributed by atoms with Crippen LogP contribution in [0.2, 0.25) is 0 Å². The van der Waals surface area contributed by atoms with Gasteiger partial charge in [-0.2, -0.15) is 0 Å². The van der Waals surface area contributed by atoms with Gasteiger partial charge in [-0.15, -0.1) is 11.3 Å². The molecule has 0 saturated carbocycles. The van der Waals surface area contributed by atoms with E-state index in [1.54, 1.807) is 18.6 Å². The lowest BCUT2D eigenvalue weighted by Gasteiger charge is -2.23. The Bertz CT molecular complexity index is 1550. The maximum Gasteiger partial charge on any atom is 0.332 e. The molecule has 5 rings (SSSR count). The summed E-state index contributed by atoms with van der Waals surface area (Å²) >= 11 is 1.27. The second kappa shape index (κ2) is 10.3. The summed E-state index contributed by atoms with van der Waals surface area (Å²) in [5.74, 6) is 0.666. The minimum atomic E-state index is -0.874. The van der Waals surface area contributed by atoms with Crippen LogP contribution in [0.5, 0.6) is 5.75 Å². The summed E-state index contributed by atoms with van der Waals surface area (Å²) in [7, 11) is 1.59. The third kappa shape index (κ3) is 4.38. The molecule has 10 nitrogen and oxygen atoms in total. The van der Waals surface area contributed by atoms with Crippen molar-refractivity contribution in [2.75, 3.05) is 20.3 Å². The quantitative estimate of drug-likeness (QED) is 0.356. The van der Waals surface area contributed by atoms with Crippen molar-refractivity contribution < 1.29 is 18.7 Å². The zero-order valence-corrected chi connectivity index (χ0v) is 21.7. The fourth-order valence-corrected chi connectivity index (χ4v) is 6.01. The molecule has 4 aromatic rings. The van der Waals surface area contributed by atoms with E-state index < -0.39 is 23.4 Å². The molecule has 1 N–H and O–H groups in total. The number of aryl methyl sites for hydroxylation is 1. The minimum Gasteiger partial charge on any atom is -0.496 e. The molecule has 0 radical (unpaired) electrons. The van der Waals surface area contributed by atoms with Crippen LogP contribution in [0, 0.1) is 6.92 Å². The molecular formula is C26H28N4O6S. The number of oxazole rings is 1. The van der Waals surface area contributed by atoms with Crippen LogP contribution < -0.4 is 21.3 Å². The average molecular weight is 525 g/mol. The highest BCUT2D eigenvalue weighted by molar-refractivity contribution is 7.22. The van der Waals surface area contributed by atoms with Crippen molar-refractivity contribution in [2.45, 2.75) is 45.4 Å². The van der Waals surface area contributed by atoms with E-state index in [1.165, 1.54) is 23.8 Å². The normalized spacial score (nSPS) is 16.3. The SMILES string of the molecule is CCCO[C@@H](Cn1c(=O)n(C2CCNC2=O)c(=O)c2c(C)c(-c3ncco3)sc21)c1ccccc1OC. The molecule has 3 aromatic heterocycles. The van der Waals surface area contributed by atoms with Gasteiger partial charge in [0, 0.05) is 18.7 Å². The van der Waals surface area contributed by atoms with E-state index in [0.717, 1.165) is 16.6 Å². The average Bonchev–Trinajstić information content (AvgIpc) is 3.65. The number of hydrogen-bond donors (Lipinski definition) is 1. The maximum atomic E-state index is 14.0. The van der Waals surface area contributed by atoms with Crippen LogP contribution in [-0.2, 0) is 16.1 Å². The molecular weight excluding hydrogens is 496 g/mol. The molecule has 0 aliphatic carbocycles. The Morgan fingerprint density at radius 1 is 1.27 bits per heavy atom. The van der Waals surface area contributed by atoms with Gasteiger partial charge in [0.25, 0.3) is 5.56 Å². The van der Waals surface area contributed by atoms with E-state index in [1.807, 2.05) is 31.2 Å². The Kier molecular flexibility index (Phi) is 6.98. The third-order valence-electron chi connectivity index (χ3n) is 6.56. The highest BCUT2D eigenvalue weighted by Crippen LogP contribution is 2.37. The van der Waals surface area contributed by atoms with Crippen LogP contribution in [0.25, 0.3) is 21.0 Å². The van der Waals surface area contributed by atoms with Gasteiger partial charge >= 0.3 is 5.69 Å². The van der Waals surface area contributed by atoms with E-state index in [4.69, 9.17) is 13.9 Å². The van der Waals surface area contributed by atoms with Gasteiger partial charge in [0.1, 0.15) is 29.0 Å². The van der Waals surface area contributed by atoms with Gasteiger partial charge in [0.15, 0.2) is 0 Å². The molecule has 1 saturated heterocycles. The van der Waals surface area contributed by atoms with Crippen LogP contribution >= 0.6 is 11.3 Å². The van der Waals surface area contributed by atoms with Crippen molar-refractivity contribution in [1.29, 1.82) is 0 Å². The number of methoxy groups -OCH3 is 1. The molecule has 1 aromatic carbocycles. The van der Waals surface area contributed by atoms with Gasteiger partial charge in [-0.1, -0.05) is 25.1 Å². The first-order chi connectivity index (χ1) is 18.0. The van der Waals surface area contributed by atoms with Crippen LogP contribution in [0.1, 0.15) is 43.0 Å². The highest BCUT2D eigenvalue weighted by Gasteiger charge is 2.32. The molecule has 1 fully saturated rings. The number of aromatic nitrogens is 3. The van der Waals surface area contributed by atoms with Gasteiger partial charge in [-0.3, -0.25) is 14.2 Å². The summed E-state index contributed by atoms with van der Waals surface area (Å²) in [5.41, 5.74) is 0.390. The molecule has 0 spiro atoms. The third-order valence-corrected chi connectivity index (χ3v) is 7.86. The first kappa shape index (κ1) is 25.0. The van der Waals surface area contributed by atoms with Crippen LogP contribution in [0.3, 0.4) is 0 Å². The fourth-order valence-electron chi connectivity index (χ4n) is 4.77. The first-order valence-corrected chi connectivity index (χ1v) is 13.0. The fraction of sp³-hybridized carbons (Fsp3) is 0.385. The van der Waals surface area contributed by atoms with Crippen LogP contribution in [0.15, 0.2) is 50.7 Å². The minimum absolute atomic E-state index is 0.120. The van der Waals surface area contributed by atoms with Crippen molar-refractivity contribution in [1.82, 2.24) is 19.4 Å². The summed E-state index contributed by atoms with van der Waals surface area (Å²) in [5, 5.41) is 3.10. The molecule has 37 heavy (non-hydrogen) atoms. The van der Waals surface area contributed by atoms with E-state index in [2.05, 4.69) is 10.3 Å². The van der Waals surface area contributed by atoms with E-state index in [0.29, 0.717) is 51.9 Å². The van der Waals surface area contributed by atoms with Gasteiger partial charge in [-0.25, -0.2) is 14.3 Å². The predicted octanol–water partition coefficient (Wildman–Crippen LogP) is 3.43. The van der Waals surface area contributed by atoms with Crippen molar-refractivity contribution >= 4 is 27.5 Å². The molecule has 0 bridgehead atoms. The second-order valence-corrected chi connectivity index (χ2v) is 9.84. The Hall–Kier alpha value is -3.70. The zero-order valence-electron chi connectivity index (χ0n) is 20.9. The highest BCUT2D eigenvalue weighted by atomic mass is 32.1. The molecule has 1 unspecified atom stereocenters. The second-order valence-electron chi connectivity index (χ2n) is 8.84. The Balaban J connectivity index is 1.76. The lowest BCUT2D eigenvalue weighted by atomic mass is 10.1.